The number of carbonyl (C=O) groups excluding carboxylic acids is 1. The van der Waals surface area contributed by atoms with Gasteiger partial charge in [-0.15, -0.1) is 0 Å². The molecular formula is C21H21NO3. The van der Waals surface area contributed by atoms with Crippen LogP contribution in [0.1, 0.15) is 15.9 Å². The summed E-state index contributed by atoms with van der Waals surface area (Å²) < 4.78 is 10.5. The van der Waals surface area contributed by atoms with E-state index < -0.39 is 0 Å². The number of nitrogens with zero attached hydrogens (tertiary/aromatic N) is 1. The first-order chi connectivity index (χ1) is 12.1. The summed E-state index contributed by atoms with van der Waals surface area (Å²) in [4.78, 5) is 14.5. The van der Waals surface area contributed by atoms with E-state index in [1.807, 2.05) is 12.1 Å². The van der Waals surface area contributed by atoms with Crippen LogP contribution in [0, 0.1) is 0 Å². The SMILES string of the molecule is COc1ccc(OC)c(C(=O)N(C)Cc2ccc3ccccc3c2)c1. The van der Waals surface area contributed by atoms with Crippen LogP contribution in [0.5, 0.6) is 11.5 Å². The zero-order valence-electron chi connectivity index (χ0n) is 14.7. The Balaban J connectivity index is 1.84. The van der Waals surface area contributed by atoms with Crippen molar-refractivity contribution in [3.05, 3.63) is 71.8 Å². The molecule has 0 heterocycles. The van der Waals surface area contributed by atoms with Gasteiger partial charge in [0.05, 0.1) is 19.8 Å². The molecule has 0 unspecified atom stereocenters. The van der Waals surface area contributed by atoms with Crippen molar-refractivity contribution in [1.82, 2.24) is 4.90 Å². The number of hydrogen-bond donors (Lipinski definition) is 0. The Hall–Kier alpha value is -3.01. The minimum absolute atomic E-state index is 0.107. The number of benzene rings is 3. The molecule has 0 bridgehead atoms. The van der Waals surface area contributed by atoms with E-state index in [0.29, 0.717) is 23.6 Å². The van der Waals surface area contributed by atoms with Gasteiger partial charge in [-0.2, -0.15) is 0 Å². The van der Waals surface area contributed by atoms with Crippen LogP contribution >= 0.6 is 0 Å². The molecule has 0 aliphatic heterocycles. The van der Waals surface area contributed by atoms with Gasteiger partial charge in [-0.25, -0.2) is 0 Å². The molecule has 0 saturated heterocycles. The number of methoxy groups -OCH3 is 2. The van der Waals surface area contributed by atoms with E-state index in [9.17, 15) is 4.79 Å². The van der Waals surface area contributed by atoms with Crippen molar-refractivity contribution < 1.29 is 14.3 Å². The molecule has 3 rings (SSSR count). The third kappa shape index (κ3) is 3.58. The Morgan fingerprint density at radius 2 is 1.68 bits per heavy atom. The number of rotatable bonds is 5. The number of fused-ring (bicyclic) bond motifs is 1. The van der Waals surface area contributed by atoms with Gasteiger partial charge in [-0.3, -0.25) is 4.79 Å². The highest BCUT2D eigenvalue weighted by molar-refractivity contribution is 5.97. The average Bonchev–Trinajstić information content (AvgIpc) is 2.66. The lowest BCUT2D eigenvalue weighted by Crippen LogP contribution is -2.26. The molecule has 4 nitrogen and oxygen atoms in total. The highest BCUT2D eigenvalue weighted by atomic mass is 16.5. The van der Waals surface area contributed by atoms with Crippen molar-refractivity contribution in [3.63, 3.8) is 0 Å². The van der Waals surface area contributed by atoms with Crippen molar-refractivity contribution in [2.75, 3.05) is 21.3 Å². The van der Waals surface area contributed by atoms with Gasteiger partial charge in [-0.05, 0) is 40.6 Å². The molecule has 0 spiro atoms. The molecule has 128 valence electrons. The van der Waals surface area contributed by atoms with E-state index >= 15 is 0 Å². The molecule has 0 aliphatic rings. The molecule has 0 saturated carbocycles. The van der Waals surface area contributed by atoms with Crippen LogP contribution in [-0.4, -0.2) is 32.1 Å². The van der Waals surface area contributed by atoms with Crippen LogP contribution in [0.2, 0.25) is 0 Å². The maximum absolute atomic E-state index is 12.9. The molecule has 0 fully saturated rings. The first-order valence-corrected chi connectivity index (χ1v) is 8.07. The van der Waals surface area contributed by atoms with Crippen LogP contribution in [0.25, 0.3) is 10.8 Å². The van der Waals surface area contributed by atoms with Gasteiger partial charge in [0.2, 0.25) is 0 Å². The number of carbonyl (C=O) groups is 1. The van der Waals surface area contributed by atoms with Crippen LogP contribution in [0.4, 0.5) is 0 Å². The van der Waals surface area contributed by atoms with Gasteiger partial charge >= 0.3 is 0 Å². The number of hydrogen-bond acceptors (Lipinski definition) is 3. The second kappa shape index (κ2) is 7.26. The zero-order valence-corrected chi connectivity index (χ0v) is 14.7. The molecule has 0 N–H and O–H groups in total. The van der Waals surface area contributed by atoms with E-state index in [4.69, 9.17) is 9.47 Å². The lowest BCUT2D eigenvalue weighted by atomic mass is 10.1. The Labute approximate surface area is 147 Å². The molecule has 3 aromatic rings. The summed E-state index contributed by atoms with van der Waals surface area (Å²) in [6, 6.07) is 19.7. The van der Waals surface area contributed by atoms with Crippen LogP contribution in [0.3, 0.4) is 0 Å². The molecule has 0 aromatic heterocycles. The van der Waals surface area contributed by atoms with Crippen molar-refractivity contribution in [2.24, 2.45) is 0 Å². The predicted octanol–water partition coefficient (Wildman–Crippen LogP) is 4.13. The molecule has 25 heavy (non-hydrogen) atoms. The summed E-state index contributed by atoms with van der Waals surface area (Å²) in [6.45, 7) is 0.518. The molecule has 0 radical (unpaired) electrons. The van der Waals surface area contributed by atoms with Crippen molar-refractivity contribution >= 4 is 16.7 Å². The maximum Gasteiger partial charge on any atom is 0.257 e. The maximum atomic E-state index is 12.9. The van der Waals surface area contributed by atoms with Gasteiger partial charge in [-0.1, -0.05) is 36.4 Å². The highest BCUT2D eigenvalue weighted by Gasteiger charge is 2.18. The molecular weight excluding hydrogens is 314 g/mol. The largest absolute Gasteiger partial charge is 0.497 e. The Bertz CT molecular complexity index is 905. The molecule has 0 atom stereocenters. The third-order valence-corrected chi connectivity index (χ3v) is 4.22. The van der Waals surface area contributed by atoms with Gasteiger partial charge < -0.3 is 14.4 Å². The second-order valence-corrected chi connectivity index (χ2v) is 5.91. The van der Waals surface area contributed by atoms with E-state index in [1.165, 1.54) is 10.8 Å². The standard InChI is InChI=1S/C21H21NO3/c1-22(14-15-8-9-16-6-4-5-7-17(16)12-15)21(23)19-13-18(24-2)10-11-20(19)25-3/h4-13H,14H2,1-3H3. The van der Waals surface area contributed by atoms with Crippen LogP contribution < -0.4 is 9.47 Å². The summed E-state index contributed by atoms with van der Waals surface area (Å²) >= 11 is 0. The lowest BCUT2D eigenvalue weighted by molar-refractivity contribution is 0.0781. The summed E-state index contributed by atoms with van der Waals surface area (Å²) in [7, 11) is 4.92. The smallest absolute Gasteiger partial charge is 0.257 e. The van der Waals surface area contributed by atoms with Crippen molar-refractivity contribution in [3.8, 4) is 11.5 Å². The van der Waals surface area contributed by atoms with Crippen LogP contribution in [0.15, 0.2) is 60.7 Å². The monoisotopic (exact) mass is 335 g/mol. The predicted molar refractivity (Wildman–Crippen MR) is 99.3 cm³/mol. The quantitative estimate of drug-likeness (QED) is 0.704. The zero-order chi connectivity index (χ0) is 17.8. The van der Waals surface area contributed by atoms with E-state index in [1.54, 1.807) is 44.4 Å². The normalized spacial score (nSPS) is 10.5. The summed E-state index contributed by atoms with van der Waals surface area (Å²) in [5, 5.41) is 2.36. The molecule has 0 aliphatic carbocycles. The number of ether oxygens (including phenoxy) is 2. The van der Waals surface area contributed by atoms with Crippen LogP contribution in [-0.2, 0) is 6.54 Å². The van der Waals surface area contributed by atoms with Gasteiger partial charge in [0.25, 0.3) is 5.91 Å². The summed E-state index contributed by atoms with van der Waals surface area (Å²) in [5.41, 5.74) is 1.57. The van der Waals surface area contributed by atoms with E-state index in [2.05, 4.69) is 30.3 Å². The molecule has 4 heteroatoms. The van der Waals surface area contributed by atoms with Crippen molar-refractivity contribution in [2.45, 2.75) is 6.54 Å². The van der Waals surface area contributed by atoms with E-state index in [0.717, 1.165) is 5.56 Å². The topological polar surface area (TPSA) is 38.8 Å². The van der Waals surface area contributed by atoms with Gasteiger partial charge in [0.15, 0.2) is 0 Å². The summed E-state index contributed by atoms with van der Waals surface area (Å²) in [5.74, 6) is 1.06. The molecule has 1 amide bonds. The highest BCUT2D eigenvalue weighted by Crippen LogP contribution is 2.26. The van der Waals surface area contributed by atoms with Crippen molar-refractivity contribution in [1.29, 1.82) is 0 Å². The Kier molecular flexibility index (Phi) is 4.89. The summed E-state index contributed by atoms with van der Waals surface area (Å²) in [6.07, 6.45) is 0. The average molecular weight is 335 g/mol. The number of amides is 1. The Morgan fingerprint density at radius 3 is 2.40 bits per heavy atom. The Morgan fingerprint density at radius 1 is 0.920 bits per heavy atom. The fraction of sp³-hybridized carbons (Fsp3) is 0.190. The van der Waals surface area contributed by atoms with Gasteiger partial charge in [0, 0.05) is 13.6 Å². The minimum atomic E-state index is -0.107. The fourth-order valence-electron chi connectivity index (χ4n) is 2.87. The fourth-order valence-corrected chi connectivity index (χ4v) is 2.87. The first-order valence-electron chi connectivity index (χ1n) is 8.07. The molecule has 3 aromatic carbocycles. The van der Waals surface area contributed by atoms with Gasteiger partial charge in [0.1, 0.15) is 11.5 Å². The van der Waals surface area contributed by atoms with E-state index in [-0.39, 0.29) is 5.91 Å². The lowest BCUT2D eigenvalue weighted by Gasteiger charge is -2.19. The first kappa shape index (κ1) is 16.8. The second-order valence-electron chi connectivity index (χ2n) is 5.91. The minimum Gasteiger partial charge on any atom is -0.497 e. The third-order valence-electron chi connectivity index (χ3n) is 4.22.